The minimum Gasteiger partial charge on any atom is -0.504 e. The molecule has 0 saturated carbocycles. The molecule has 0 atom stereocenters. The molecule has 0 spiro atoms. The molecule has 2 aromatic rings. The van der Waals surface area contributed by atoms with Gasteiger partial charge in [-0.1, -0.05) is 0 Å². The van der Waals surface area contributed by atoms with Crippen molar-refractivity contribution >= 4 is 0 Å². The Balaban J connectivity index is 2.28. The third kappa shape index (κ3) is 1.81. The highest BCUT2D eigenvalue weighted by Crippen LogP contribution is 2.43. The summed E-state index contributed by atoms with van der Waals surface area (Å²) in [6.45, 7) is -0.309. The topological polar surface area (TPSA) is 89.1 Å². The van der Waals surface area contributed by atoms with E-state index in [4.69, 9.17) is 19.0 Å². The van der Waals surface area contributed by atoms with Gasteiger partial charge in [0.2, 0.25) is 0 Å². The van der Waals surface area contributed by atoms with Crippen molar-refractivity contribution in [2.45, 2.75) is 13.2 Å². The highest BCUT2D eigenvalue weighted by Gasteiger charge is 2.25. The zero-order chi connectivity index (χ0) is 14.3. The summed E-state index contributed by atoms with van der Waals surface area (Å²) in [5.41, 5.74) is 0.628. The molecule has 20 heavy (non-hydrogen) atoms. The molecule has 0 unspecified atom stereocenters. The van der Waals surface area contributed by atoms with E-state index in [-0.39, 0.29) is 35.9 Å². The van der Waals surface area contributed by atoms with Gasteiger partial charge in [0.15, 0.2) is 16.9 Å². The van der Waals surface area contributed by atoms with Crippen LogP contribution in [0.15, 0.2) is 27.4 Å². The minimum atomic E-state index is -0.367. The Hall–Kier alpha value is -2.47. The Bertz CT molecular complexity index is 731. The summed E-state index contributed by atoms with van der Waals surface area (Å²) < 4.78 is 16.0. The number of aliphatic hydroxyl groups excluding tert-OH is 1. The molecule has 0 fully saturated rings. The van der Waals surface area contributed by atoms with Gasteiger partial charge in [0.1, 0.15) is 30.5 Å². The number of phenols is 1. The molecule has 6 heteroatoms. The van der Waals surface area contributed by atoms with E-state index in [1.54, 1.807) is 0 Å². The van der Waals surface area contributed by atoms with Crippen LogP contribution in [0.1, 0.15) is 11.3 Å². The number of methoxy groups -OCH3 is 1. The van der Waals surface area contributed by atoms with E-state index in [1.165, 1.54) is 25.3 Å². The van der Waals surface area contributed by atoms with E-state index in [1.807, 2.05) is 0 Å². The van der Waals surface area contributed by atoms with Crippen molar-refractivity contribution < 1.29 is 24.1 Å². The van der Waals surface area contributed by atoms with Crippen molar-refractivity contribution in [1.82, 2.24) is 0 Å². The van der Waals surface area contributed by atoms with E-state index in [2.05, 4.69) is 0 Å². The van der Waals surface area contributed by atoms with Crippen LogP contribution in [0.3, 0.4) is 0 Å². The molecule has 0 amide bonds. The maximum Gasteiger partial charge on any atom is 0.192 e. The molecule has 1 aromatic heterocycles. The number of rotatable bonds is 2. The lowest BCUT2D eigenvalue weighted by Gasteiger charge is -2.20. The minimum absolute atomic E-state index is 0.0577. The van der Waals surface area contributed by atoms with Crippen molar-refractivity contribution in [3.8, 4) is 28.6 Å². The molecule has 3 rings (SSSR count). The molecular weight excluding hydrogens is 264 g/mol. The number of hydrogen-bond acceptors (Lipinski definition) is 6. The number of phenolic OH excluding ortho intramolecular Hbond substituents is 1. The van der Waals surface area contributed by atoms with Crippen LogP contribution in [0.5, 0.6) is 17.2 Å². The SMILES string of the molecule is COc1cc2c(cc1O)OCc1c-2oc(CO)cc1=O. The first-order chi connectivity index (χ1) is 9.63. The van der Waals surface area contributed by atoms with Gasteiger partial charge < -0.3 is 24.1 Å². The fourth-order valence-corrected chi connectivity index (χ4v) is 2.16. The van der Waals surface area contributed by atoms with Gasteiger partial charge in [0, 0.05) is 12.1 Å². The van der Waals surface area contributed by atoms with Crippen LogP contribution in [-0.4, -0.2) is 17.3 Å². The summed E-state index contributed by atoms with van der Waals surface area (Å²) in [6.07, 6.45) is 0. The molecule has 1 aliphatic rings. The van der Waals surface area contributed by atoms with Crippen LogP contribution in [0.4, 0.5) is 0 Å². The van der Waals surface area contributed by atoms with Gasteiger partial charge in [-0.3, -0.25) is 4.79 Å². The van der Waals surface area contributed by atoms with Gasteiger partial charge in [-0.05, 0) is 6.07 Å². The molecule has 0 bridgehead atoms. The Morgan fingerprint density at radius 1 is 1.35 bits per heavy atom. The monoisotopic (exact) mass is 276 g/mol. The smallest absolute Gasteiger partial charge is 0.192 e. The van der Waals surface area contributed by atoms with Gasteiger partial charge in [-0.15, -0.1) is 0 Å². The first-order valence-electron chi connectivity index (χ1n) is 5.95. The second kappa shape index (κ2) is 4.57. The summed E-state index contributed by atoms with van der Waals surface area (Å²) in [7, 11) is 1.42. The van der Waals surface area contributed by atoms with Crippen molar-refractivity contribution in [1.29, 1.82) is 0 Å². The van der Waals surface area contributed by atoms with E-state index in [0.717, 1.165) is 0 Å². The standard InChI is InChI=1S/C14H12O6/c1-18-13-3-8-12(4-11(13)17)19-6-9-10(16)2-7(5-15)20-14(8)9/h2-4,15,17H,5-6H2,1H3. The summed E-state index contributed by atoms with van der Waals surface area (Å²) in [4.78, 5) is 11.9. The molecule has 1 aliphatic heterocycles. The average Bonchev–Trinajstić information content (AvgIpc) is 2.45. The van der Waals surface area contributed by atoms with Crippen molar-refractivity contribution in [3.63, 3.8) is 0 Å². The Morgan fingerprint density at radius 3 is 2.85 bits per heavy atom. The summed E-state index contributed by atoms with van der Waals surface area (Å²) in [5.74, 6) is 1.09. The zero-order valence-corrected chi connectivity index (χ0v) is 10.7. The Morgan fingerprint density at radius 2 is 2.15 bits per heavy atom. The molecule has 0 aliphatic carbocycles. The van der Waals surface area contributed by atoms with E-state index in [9.17, 15) is 9.90 Å². The quantitative estimate of drug-likeness (QED) is 0.862. The molecule has 2 heterocycles. The maximum absolute atomic E-state index is 11.9. The largest absolute Gasteiger partial charge is 0.504 e. The first kappa shape index (κ1) is 12.6. The number of aliphatic hydroxyl groups is 1. The predicted octanol–water partition coefficient (Wildman–Crippen LogP) is 1.41. The highest BCUT2D eigenvalue weighted by molar-refractivity contribution is 5.74. The second-order valence-corrected chi connectivity index (χ2v) is 4.35. The lowest BCUT2D eigenvalue weighted by molar-refractivity contribution is 0.239. The van der Waals surface area contributed by atoms with Gasteiger partial charge in [-0.25, -0.2) is 0 Å². The highest BCUT2D eigenvalue weighted by atomic mass is 16.5. The van der Waals surface area contributed by atoms with Gasteiger partial charge >= 0.3 is 0 Å². The van der Waals surface area contributed by atoms with Crippen LogP contribution in [0.2, 0.25) is 0 Å². The van der Waals surface area contributed by atoms with Crippen LogP contribution >= 0.6 is 0 Å². The number of fused-ring (bicyclic) bond motifs is 3. The van der Waals surface area contributed by atoms with Crippen molar-refractivity contribution in [2.24, 2.45) is 0 Å². The fraction of sp³-hybridized carbons (Fsp3) is 0.214. The van der Waals surface area contributed by atoms with Gasteiger partial charge in [0.25, 0.3) is 0 Å². The summed E-state index contributed by atoms with van der Waals surface area (Å²) in [6, 6.07) is 4.18. The molecule has 1 aromatic carbocycles. The number of aromatic hydroxyl groups is 1. The predicted molar refractivity (Wildman–Crippen MR) is 68.9 cm³/mol. The normalized spacial score (nSPS) is 12.3. The van der Waals surface area contributed by atoms with E-state index >= 15 is 0 Å². The molecule has 6 nitrogen and oxygen atoms in total. The van der Waals surface area contributed by atoms with Gasteiger partial charge in [-0.2, -0.15) is 0 Å². The molecule has 0 radical (unpaired) electrons. The van der Waals surface area contributed by atoms with E-state index < -0.39 is 0 Å². The third-order valence-corrected chi connectivity index (χ3v) is 3.15. The molecule has 104 valence electrons. The number of benzene rings is 1. The number of hydrogen-bond donors (Lipinski definition) is 2. The third-order valence-electron chi connectivity index (χ3n) is 3.15. The summed E-state index contributed by atoms with van der Waals surface area (Å²) in [5, 5.41) is 18.9. The number of ether oxygens (including phenoxy) is 2. The van der Waals surface area contributed by atoms with Crippen LogP contribution < -0.4 is 14.9 Å². The van der Waals surface area contributed by atoms with Crippen LogP contribution in [0.25, 0.3) is 11.3 Å². The second-order valence-electron chi connectivity index (χ2n) is 4.35. The lowest BCUT2D eigenvalue weighted by Crippen LogP contribution is -2.17. The Labute approximate surface area is 113 Å². The van der Waals surface area contributed by atoms with Crippen molar-refractivity contribution in [3.05, 3.63) is 39.7 Å². The average molecular weight is 276 g/mol. The van der Waals surface area contributed by atoms with Crippen molar-refractivity contribution in [2.75, 3.05) is 7.11 Å². The molecule has 0 saturated heterocycles. The van der Waals surface area contributed by atoms with E-state index in [0.29, 0.717) is 22.6 Å². The first-order valence-corrected chi connectivity index (χ1v) is 5.95. The molecule has 2 N–H and O–H groups in total. The lowest BCUT2D eigenvalue weighted by atomic mass is 10.0. The Kier molecular flexibility index (Phi) is 2.87. The van der Waals surface area contributed by atoms with Crippen LogP contribution in [-0.2, 0) is 13.2 Å². The maximum atomic E-state index is 11.9. The molecular formula is C14H12O6. The van der Waals surface area contributed by atoms with Gasteiger partial charge in [0.05, 0.1) is 18.2 Å². The fourth-order valence-electron chi connectivity index (χ4n) is 2.16. The zero-order valence-electron chi connectivity index (χ0n) is 10.7. The summed E-state index contributed by atoms with van der Waals surface area (Å²) >= 11 is 0. The van der Waals surface area contributed by atoms with Crippen LogP contribution in [0, 0.1) is 0 Å².